The van der Waals surface area contributed by atoms with Gasteiger partial charge in [-0.15, -0.1) is 0 Å². The lowest BCUT2D eigenvalue weighted by atomic mass is 10.0. The lowest BCUT2D eigenvalue weighted by Crippen LogP contribution is -1.99. The Hall–Kier alpha value is -1.11. The second-order valence-corrected chi connectivity index (χ2v) is 2.80. The van der Waals surface area contributed by atoms with Crippen LogP contribution >= 0.6 is 0 Å². The first-order valence-corrected chi connectivity index (χ1v) is 5.82. The largest absolute Gasteiger partial charge is 0.303 e. The number of benzene rings is 1. The molecule has 0 saturated heterocycles. The maximum Gasteiger partial charge on any atom is 0.123 e. The number of aldehydes is 1. The van der Waals surface area contributed by atoms with Gasteiger partial charge in [-0.3, -0.25) is 0 Å². The topological polar surface area (TPSA) is 17.1 Å². The first-order valence-electron chi connectivity index (χ1n) is 5.82. The predicted octanol–water partition coefficient (Wildman–Crippen LogP) is 4.12. The minimum atomic E-state index is 0.136. The van der Waals surface area contributed by atoms with Crippen molar-refractivity contribution >= 4 is 6.29 Å². The summed E-state index contributed by atoms with van der Waals surface area (Å²) >= 11 is 0. The molecule has 1 aromatic carbocycles. The quantitative estimate of drug-likeness (QED) is 0.683. The van der Waals surface area contributed by atoms with E-state index in [2.05, 4.69) is 0 Å². The summed E-state index contributed by atoms with van der Waals surface area (Å²) in [6.07, 6.45) is 1.84. The molecule has 0 amide bonds. The van der Waals surface area contributed by atoms with Gasteiger partial charge >= 0.3 is 0 Å². The molecule has 0 N–H and O–H groups in total. The van der Waals surface area contributed by atoms with Gasteiger partial charge < -0.3 is 4.79 Å². The van der Waals surface area contributed by atoms with E-state index in [0.717, 1.165) is 12.7 Å². The Bertz CT molecular complexity index is 216. The Labute approximate surface area is 94.5 Å². The van der Waals surface area contributed by atoms with Crippen LogP contribution < -0.4 is 0 Å². The molecule has 1 rings (SSSR count). The van der Waals surface area contributed by atoms with E-state index in [0.29, 0.717) is 0 Å². The van der Waals surface area contributed by atoms with Crippen LogP contribution in [0.2, 0.25) is 0 Å². The van der Waals surface area contributed by atoms with Crippen molar-refractivity contribution in [1.29, 1.82) is 0 Å². The van der Waals surface area contributed by atoms with Gasteiger partial charge in [-0.05, 0) is 12.0 Å². The molecular formula is C14H24O. The van der Waals surface area contributed by atoms with Crippen LogP contribution in [0, 0.1) is 5.92 Å². The van der Waals surface area contributed by atoms with Gasteiger partial charge in [0.25, 0.3) is 0 Å². The molecule has 1 aromatic rings. The van der Waals surface area contributed by atoms with Gasteiger partial charge in [-0.2, -0.15) is 0 Å². The Morgan fingerprint density at radius 2 is 1.53 bits per heavy atom. The predicted molar refractivity (Wildman–Crippen MR) is 68.1 cm³/mol. The van der Waals surface area contributed by atoms with Crippen molar-refractivity contribution in [3.05, 3.63) is 35.9 Å². The summed E-state index contributed by atoms with van der Waals surface area (Å²) in [6, 6.07) is 10.1. The molecule has 0 bridgehead atoms. The Morgan fingerprint density at radius 1 is 1.07 bits per heavy atom. The maximum atomic E-state index is 10.3. The van der Waals surface area contributed by atoms with E-state index in [1.165, 1.54) is 5.56 Å². The van der Waals surface area contributed by atoms with E-state index in [9.17, 15) is 4.79 Å². The summed E-state index contributed by atoms with van der Waals surface area (Å²) in [7, 11) is 0. The van der Waals surface area contributed by atoms with Crippen LogP contribution in [0.5, 0.6) is 0 Å². The van der Waals surface area contributed by atoms with Crippen molar-refractivity contribution < 1.29 is 4.79 Å². The van der Waals surface area contributed by atoms with E-state index in [1.54, 1.807) is 0 Å². The zero-order chi connectivity index (χ0) is 12.1. The normalized spacial score (nSPS) is 9.93. The van der Waals surface area contributed by atoms with E-state index < -0.39 is 0 Å². The first-order chi connectivity index (χ1) is 7.33. The summed E-state index contributed by atoms with van der Waals surface area (Å²) < 4.78 is 0. The van der Waals surface area contributed by atoms with Gasteiger partial charge in [0, 0.05) is 5.92 Å². The minimum Gasteiger partial charge on any atom is -0.303 e. The van der Waals surface area contributed by atoms with Crippen molar-refractivity contribution in [3.63, 3.8) is 0 Å². The van der Waals surface area contributed by atoms with Crippen LogP contribution in [-0.2, 0) is 11.2 Å². The highest BCUT2D eigenvalue weighted by Crippen LogP contribution is 2.05. The SMILES string of the molecule is CC.CC.CC(C=O)Cc1ccccc1. The lowest BCUT2D eigenvalue weighted by Gasteiger charge is -2.01. The number of hydrogen-bond acceptors (Lipinski definition) is 1. The van der Waals surface area contributed by atoms with E-state index >= 15 is 0 Å². The molecule has 0 aliphatic carbocycles. The highest BCUT2D eigenvalue weighted by atomic mass is 16.1. The summed E-state index contributed by atoms with van der Waals surface area (Å²) in [5.74, 6) is 0.136. The van der Waals surface area contributed by atoms with Gasteiger partial charge in [-0.25, -0.2) is 0 Å². The lowest BCUT2D eigenvalue weighted by molar-refractivity contribution is -0.110. The molecule has 1 heteroatoms. The van der Waals surface area contributed by atoms with Crippen LogP contribution in [0.1, 0.15) is 40.2 Å². The molecule has 1 nitrogen and oxygen atoms in total. The first kappa shape index (κ1) is 16.3. The molecule has 0 spiro atoms. The molecule has 0 aliphatic heterocycles. The Kier molecular flexibility index (Phi) is 14.0. The average molecular weight is 208 g/mol. The Morgan fingerprint density at radius 3 is 1.93 bits per heavy atom. The monoisotopic (exact) mass is 208 g/mol. The van der Waals surface area contributed by atoms with Gasteiger partial charge in [0.15, 0.2) is 0 Å². The van der Waals surface area contributed by atoms with Crippen LogP contribution in [0.3, 0.4) is 0 Å². The van der Waals surface area contributed by atoms with Gasteiger partial charge in [-0.1, -0.05) is 65.0 Å². The molecule has 0 aliphatic rings. The molecule has 15 heavy (non-hydrogen) atoms. The molecule has 0 fully saturated rings. The van der Waals surface area contributed by atoms with Crippen molar-refractivity contribution in [2.45, 2.75) is 41.0 Å². The molecule has 86 valence electrons. The van der Waals surface area contributed by atoms with Crippen LogP contribution in [-0.4, -0.2) is 6.29 Å². The van der Waals surface area contributed by atoms with Crippen molar-refractivity contribution in [3.8, 4) is 0 Å². The standard InChI is InChI=1S/C10H12O.2C2H6/c1-9(8-11)7-10-5-3-2-4-6-10;2*1-2/h2-6,8-9H,7H2,1H3;2*1-2H3. The van der Waals surface area contributed by atoms with E-state index in [4.69, 9.17) is 0 Å². The maximum absolute atomic E-state index is 10.3. The Balaban J connectivity index is 0. The number of carbonyl (C=O) groups is 1. The van der Waals surface area contributed by atoms with E-state index in [1.807, 2.05) is 65.0 Å². The van der Waals surface area contributed by atoms with Crippen molar-refractivity contribution in [2.24, 2.45) is 5.92 Å². The third-order valence-electron chi connectivity index (χ3n) is 1.63. The van der Waals surface area contributed by atoms with E-state index in [-0.39, 0.29) is 5.92 Å². The third-order valence-corrected chi connectivity index (χ3v) is 1.63. The fourth-order valence-corrected chi connectivity index (χ4v) is 1.03. The molecule has 0 aromatic heterocycles. The van der Waals surface area contributed by atoms with Gasteiger partial charge in [0.1, 0.15) is 6.29 Å². The second-order valence-electron chi connectivity index (χ2n) is 2.80. The van der Waals surface area contributed by atoms with Crippen molar-refractivity contribution in [1.82, 2.24) is 0 Å². The van der Waals surface area contributed by atoms with Gasteiger partial charge in [0.2, 0.25) is 0 Å². The second kappa shape index (κ2) is 12.9. The van der Waals surface area contributed by atoms with Crippen molar-refractivity contribution in [2.75, 3.05) is 0 Å². The summed E-state index contributed by atoms with van der Waals surface area (Å²) in [4.78, 5) is 10.3. The van der Waals surface area contributed by atoms with Crippen LogP contribution in [0.25, 0.3) is 0 Å². The summed E-state index contributed by atoms with van der Waals surface area (Å²) in [6.45, 7) is 9.93. The molecule has 0 saturated carbocycles. The fraction of sp³-hybridized carbons (Fsp3) is 0.500. The number of hydrogen-bond donors (Lipinski definition) is 0. The summed E-state index contributed by atoms with van der Waals surface area (Å²) in [5, 5.41) is 0. The molecule has 0 heterocycles. The van der Waals surface area contributed by atoms with Crippen LogP contribution in [0.4, 0.5) is 0 Å². The fourth-order valence-electron chi connectivity index (χ4n) is 1.03. The molecule has 1 atom stereocenters. The number of rotatable bonds is 3. The molecule has 1 unspecified atom stereocenters. The van der Waals surface area contributed by atoms with Crippen LogP contribution in [0.15, 0.2) is 30.3 Å². The smallest absolute Gasteiger partial charge is 0.123 e. The third kappa shape index (κ3) is 9.20. The highest BCUT2D eigenvalue weighted by molar-refractivity contribution is 5.53. The zero-order valence-corrected chi connectivity index (χ0v) is 10.7. The summed E-state index contributed by atoms with van der Waals surface area (Å²) in [5.41, 5.74) is 1.23. The zero-order valence-electron chi connectivity index (χ0n) is 10.7. The van der Waals surface area contributed by atoms with Gasteiger partial charge in [0.05, 0.1) is 0 Å². The number of carbonyl (C=O) groups excluding carboxylic acids is 1. The average Bonchev–Trinajstić information content (AvgIpc) is 2.35. The minimum absolute atomic E-state index is 0.136. The molecular weight excluding hydrogens is 184 g/mol. The highest BCUT2D eigenvalue weighted by Gasteiger charge is 1.99. The molecule has 0 radical (unpaired) electrons.